The first-order valence-electron chi connectivity index (χ1n) is 7.02. The lowest BCUT2D eigenvalue weighted by Gasteiger charge is -2.19. The second-order valence-electron chi connectivity index (χ2n) is 5.37. The molecule has 0 aromatic carbocycles. The average Bonchev–Trinajstić information content (AvgIpc) is 3.04. The van der Waals surface area contributed by atoms with Crippen LogP contribution in [-0.4, -0.2) is 36.6 Å². The molecule has 1 amide bonds. The first-order chi connectivity index (χ1) is 10.5. The Bertz CT molecular complexity index is 624. The van der Waals surface area contributed by atoms with Crippen molar-refractivity contribution in [3.63, 3.8) is 0 Å². The van der Waals surface area contributed by atoms with E-state index in [-0.39, 0.29) is 11.9 Å². The summed E-state index contributed by atoms with van der Waals surface area (Å²) in [5.41, 5.74) is 0. The van der Waals surface area contributed by atoms with E-state index < -0.39 is 0 Å². The second-order valence-corrected chi connectivity index (χ2v) is 7.77. The number of carbonyl (C=O) groups excluding carboxylic acids is 1. The fraction of sp³-hybridized carbons (Fsp3) is 0.615. The monoisotopic (exact) mass is 340 g/mol. The van der Waals surface area contributed by atoms with E-state index in [1.165, 1.54) is 29.4 Å². The van der Waals surface area contributed by atoms with Gasteiger partial charge in [-0.2, -0.15) is 5.10 Å². The van der Waals surface area contributed by atoms with E-state index in [0.29, 0.717) is 11.7 Å². The zero-order valence-corrected chi connectivity index (χ0v) is 14.7. The Balaban J connectivity index is 1.94. The minimum absolute atomic E-state index is 0.0356. The highest BCUT2D eigenvalue weighted by Crippen LogP contribution is 2.23. The van der Waals surface area contributed by atoms with Crippen LogP contribution in [0.3, 0.4) is 0 Å². The number of aryl methyl sites for hydroxylation is 2. The Morgan fingerprint density at radius 1 is 1.45 bits per heavy atom. The van der Waals surface area contributed by atoms with Crippen LogP contribution >= 0.6 is 23.1 Å². The Labute approximate surface area is 137 Å². The van der Waals surface area contributed by atoms with Crippen LogP contribution in [0, 0.1) is 12.8 Å². The lowest BCUT2D eigenvalue weighted by Crippen LogP contribution is -2.32. The van der Waals surface area contributed by atoms with Crippen molar-refractivity contribution in [3.8, 4) is 0 Å². The molecule has 1 N–H and O–H groups in total. The van der Waals surface area contributed by atoms with Crippen LogP contribution < -0.4 is 5.32 Å². The molecule has 0 radical (unpaired) electrons. The summed E-state index contributed by atoms with van der Waals surface area (Å²) in [6.07, 6.45) is 2.33. The molecule has 2 aromatic heterocycles. The van der Waals surface area contributed by atoms with Crippen LogP contribution in [0.15, 0.2) is 10.7 Å². The molecule has 0 saturated carbocycles. The molecule has 0 unspecified atom stereocenters. The molecule has 0 fully saturated rings. The third kappa shape index (κ3) is 4.77. The number of hydrogen-bond donors (Lipinski definition) is 1. The van der Waals surface area contributed by atoms with Gasteiger partial charge in [0.1, 0.15) is 17.2 Å². The molecular weight excluding hydrogens is 320 g/mol. The summed E-state index contributed by atoms with van der Waals surface area (Å²) in [5, 5.41) is 16.0. The van der Waals surface area contributed by atoms with Gasteiger partial charge in [-0.25, -0.2) is 4.98 Å². The quantitative estimate of drug-likeness (QED) is 0.776. The summed E-state index contributed by atoms with van der Waals surface area (Å²) in [5.74, 6) is 1.51. The topological polar surface area (TPSA) is 85.6 Å². The number of aromatic nitrogens is 5. The van der Waals surface area contributed by atoms with Crippen LogP contribution in [0.25, 0.3) is 0 Å². The Hall–Kier alpha value is -1.48. The van der Waals surface area contributed by atoms with E-state index in [4.69, 9.17) is 0 Å². The van der Waals surface area contributed by atoms with E-state index in [9.17, 15) is 4.79 Å². The zero-order chi connectivity index (χ0) is 16.1. The van der Waals surface area contributed by atoms with E-state index in [1.807, 2.05) is 14.0 Å². The van der Waals surface area contributed by atoms with Gasteiger partial charge >= 0.3 is 0 Å². The van der Waals surface area contributed by atoms with E-state index in [1.54, 1.807) is 4.68 Å². The number of carbonyl (C=O) groups is 1. The molecular formula is C13H20N6OS2. The largest absolute Gasteiger partial charge is 0.345 e. The van der Waals surface area contributed by atoms with Gasteiger partial charge in [0, 0.05) is 7.05 Å². The third-order valence-corrected chi connectivity index (χ3v) is 4.91. The molecule has 2 rings (SSSR count). The van der Waals surface area contributed by atoms with Crippen molar-refractivity contribution in [2.75, 3.05) is 5.75 Å². The number of rotatable bonds is 7. The highest BCUT2D eigenvalue weighted by molar-refractivity contribution is 8.01. The van der Waals surface area contributed by atoms with E-state index in [2.05, 4.69) is 39.4 Å². The summed E-state index contributed by atoms with van der Waals surface area (Å²) >= 11 is 2.90. The lowest BCUT2D eigenvalue weighted by molar-refractivity contribution is -0.119. The van der Waals surface area contributed by atoms with Gasteiger partial charge in [-0.05, 0) is 19.3 Å². The number of hydrogen-bond acceptors (Lipinski definition) is 7. The lowest BCUT2D eigenvalue weighted by atomic mass is 10.0. The first-order valence-corrected chi connectivity index (χ1v) is 8.82. The molecule has 9 heteroatoms. The maximum Gasteiger partial charge on any atom is 0.231 e. The van der Waals surface area contributed by atoms with Crippen molar-refractivity contribution in [2.24, 2.45) is 13.0 Å². The van der Waals surface area contributed by atoms with Crippen molar-refractivity contribution in [3.05, 3.63) is 17.2 Å². The minimum atomic E-state index is -0.128. The summed E-state index contributed by atoms with van der Waals surface area (Å²) in [4.78, 5) is 16.4. The van der Waals surface area contributed by atoms with E-state index >= 15 is 0 Å². The van der Waals surface area contributed by atoms with Crippen LogP contribution in [0.4, 0.5) is 0 Å². The fourth-order valence-electron chi connectivity index (χ4n) is 2.02. The average molecular weight is 340 g/mol. The highest BCUT2D eigenvalue weighted by Gasteiger charge is 2.20. The van der Waals surface area contributed by atoms with Crippen molar-refractivity contribution < 1.29 is 4.79 Å². The molecule has 0 aliphatic rings. The maximum atomic E-state index is 12.2. The molecule has 22 heavy (non-hydrogen) atoms. The molecule has 1 atom stereocenters. The van der Waals surface area contributed by atoms with Gasteiger partial charge in [-0.15, -0.1) is 10.2 Å². The van der Waals surface area contributed by atoms with Crippen LogP contribution in [0.1, 0.15) is 37.1 Å². The molecule has 7 nitrogen and oxygen atoms in total. The third-order valence-electron chi connectivity index (χ3n) is 2.93. The van der Waals surface area contributed by atoms with Gasteiger partial charge in [0.15, 0.2) is 4.34 Å². The molecule has 0 aliphatic carbocycles. The Morgan fingerprint density at radius 2 is 2.23 bits per heavy atom. The number of nitrogens with zero attached hydrogens (tertiary/aromatic N) is 5. The van der Waals surface area contributed by atoms with Crippen molar-refractivity contribution >= 4 is 29.0 Å². The zero-order valence-electron chi connectivity index (χ0n) is 13.1. The van der Waals surface area contributed by atoms with E-state index in [0.717, 1.165) is 21.6 Å². The number of thioether (sulfide) groups is 1. The maximum absolute atomic E-state index is 12.2. The molecule has 0 spiro atoms. The van der Waals surface area contributed by atoms with Crippen LogP contribution in [0.2, 0.25) is 0 Å². The molecule has 0 bridgehead atoms. The Kier molecular flexibility index (Phi) is 5.90. The molecule has 0 aliphatic heterocycles. The predicted molar refractivity (Wildman–Crippen MR) is 86.7 cm³/mol. The minimum Gasteiger partial charge on any atom is -0.345 e. The van der Waals surface area contributed by atoms with Gasteiger partial charge in [0.2, 0.25) is 5.91 Å². The summed E-state index contributed by atoms with van der Waals surface area (Å²) < 4.78 is 2.51. The highest BCUT2D eigenvalue weighted by atomic mass is 32.2. The molecule has 120 valence electrons. The van der Waals surface area contributed by atoms with Gasteiger partial charge in [-0.3, -0.25) is 9.48 Å². The Morgan fingerprint density at radius 3 is 2.77 bits per heavy atom. The number of amides is 1. The predicted octanol–water partition coefficient (Wildman–Crippen LogP) is 1.97. The standard InChI is InChI=1S/C13H20N6OS2/c1-8(2)5-10(12-14-7-15-19(12)4)16-11(20)6-21-13-18-17-9(3)22-13/h7-8,10H,5-6H2,1-4H3,(H,16,20)/t10-/m1/s1. The van der Waals surface area contributed by atoms with Crippen LogP contribution in [-0.2, 0) is 11.8 Å². The van der Waals surface area contributed by atoms with Gasteiger partial charge < -0.3 is 5.32 Å². The first kappa shape index (κ1) is 16.9. The normalized spacial score (nSPS) is 12.6. The van der Waals surface area contributed by atoms with Gasteiger partial charge in [0.25, 0.3) is 0 Å². The van der Waals surface area contributed by atoms with Crippen LogP contribution in [0.5, 0.6) is 0 Å². The van der Waals surface area contributed by atoms with Crippen molar-refractivity contribution in [1.82, 2.24) is 30.3 Å². The SMILES string of the molecule is Cc1nnc(SCC(=O)N[C@H](CC(C)C)c2ncnn2C)s1. The van der Waals surface area contributed by atoms with Gasteiger partial charge in [0.05, 0.1) is 11.8 Å². The van der Waals surface area contributed by atoms with Crippen molar-refractivity contribution in [1.29, 1.82) is 0 Å². The molecule has 2 heterocycles. The fourth-order valence-corrected chi connectivity index (χ4v) is 3.65. The molecule has 2 aromatic rings. The molecule has 0 saturated heterocycles. The van der Waals surface area contributed by atoms with Crippen molar-refractivity contribution in [2.45, 2.75) is 37.6 Å². The number of nitrogens with one attached hydrogen (secondary N) is 1. The summed E-state index contributed by atoms with van der Waals surface area (Å²) in [7, 11) is 1.83. The summed E-state index contributed by atoms with van der Waals surface area (Å²) in [6.45, 7) is 6.14. The van der Waals surface area contributed by atoms with Gasteiger partial charge in [-0.1, -0.05) is 36.9 Å². The smallest absolute Gasteiger partial charge is 0.231 e. The summed E-state index contributed by atoms with van der Waals surface area (Å²) in [6, 6.07) is -0.128. The second kappa shape index (κ2) is 7.68.